The number of carbonyl (C=O) groups excluding carboxylic acids is 1. The van der Waals surface area contributed by atoms with E-state index in [1.165, 1.54) is 29.2 Å². The maximum Gasteiger partial charge on any atom is 0.459 e. The third-order valence-electron chi connectivity index (χ3n) is 3.92. The molecule has 1 rings (SSSR count). The molecule has 0 aromatic heterocycles. The summed E-state index contributed by atoms with van der Waals surface area (Å²) in [6.45, 7) is 9.12. The van der Waals surface area contributed by atoms with Crippen LogP contribution in [0.1, 0.15) is 26.3 Å². The van der Waals surface area contributed by atoms with Gasteiger partial charge in [0.15, 0.2) is 0 Å². The predicted molar refractivity (Wildman–Crippen MR) is 103 cm³/mol. The van der Waals surface area contributed by atoms with E-state index in [0.717, 1.165) is 25.2 Å². The summed E-state index contributed by atoms with van der Waals surface area (Å²) in [7, 11) is -1.91. The van der Waals surface area contributed by atoms with E-state index in [4.69, 9.17) is 4.74 Å². The fourth-order valence-electron chi connectivity index (χ4n) is 2.10. The fourth-order valence-corrected chi connectivity index (χ4v) is 3.02. The zero-order valence-electron chi connectivity index (χ0n) is 17.4. The van der Waals surface area contributed by atoms with Crippen LogP contribution in [-0.4, -0.2) is 49.9 Å². The molecule has 0 aliphatic heterocycles. The highest BCUT2D eigenvalue weighted by molar-refractivity contribution is 6.78. The largest absolute Gasteiger partial charge is 0.459 e. The highest BCUT2D eigenvalue weighted by atomic mass is 28.3. The second-order valence-electron chi connectivity index (χ2n) is 8.74. The van der Waals surface area contributed by atoms with Crippen molar-refractivity contribution in [1.29, 1.82) is 0 Å². The SMILES string of the molecule is CN(CCc1ccc(OC(F)(F)C(F)(F)[Si](C)(C)C)cc1)C(=O)OC(C)(C)C. The zero-order chi connectivity index (χ0) is 22.0. The van der Waals surface area contributed by atoms with Gasteiger partial charge >= 0.3 is 17.7 Å². The molecule has 0 atom stereocenters. The second-order valence-corrected chi connectivity index (χ2v) is 13.9. The molecule has 9 heteroatoms. The van der Waals surface area contributed by atoms with E-state index in [2.05, 4.69) is 4.74 Å². The number of ether oxygens (including phenoxy) is 2. The van der Waals surface area contributed by atoms with Gasteiger partial charge in [-0.05, 0) is 44.9 Å². The summed E-state index contributed by atoms with van der Waals surface area (Å²) in [4.78, 5) is 13.3. The van der Waals surface area contributed by atoms with Crippen molar-refractivity contribution in [3.63, 3.8) is 0 Å². The van der Waals surface area contributed by atoms with E-state index in [1.807, 2.05) is 0 Å². The fraction of sp³-hybridized carbons (Fsp3) is 0.632. The average molecular weight is 424 g/mol. The van der Waals surface area contributed by atoms with Crippen molar-refractivity contribution in [2.45, 2.75) is 64.1 Å². The quantitative estimate of drug-likeness (QED) is 0.424. The molecule has 0 fully saturated rings. The smallest absolute Gasteiger partial charge is 0.444 e. The zero-order valence-corrected chi connectivity index (χ0v) is 18.4. The van der Waals surface area contributed by atoms with E-state index in [0.29, 0.717) is 13.0 Å². The van der Waals surface area contributed by atoms with Gasteiger partial charge in [0.2, 0.25) is 0 Å². The minimum absolute atomic E-state index is 0.341. The Kier molecular flexibility index (Phi) is 7.20. The van der Waals surface area contributed by atoms with Crippen molar-refractivity contribution in [2.24, 2.45) is 0 Å². The Morgan fingerprint density at radius 2 is 1.54 bits per heavy atom. The van der Waals surface area contributed by atoms with Crippen LogP contribution in [-0.2, 0) is 11.2 Å². The van der Waals surface area contributed by atoms with Crippen molar-refractivity contribution in [3.05, 3.63) is 29.8 Å². The van der Waals surface area contributed by atoms with E-state index in [9.17, 15) is 22.4 Å². The lowest BCUT2D eigenvalue weighted by Gasteiger charge is -2.34. The molecule has 0 saturated carbocycles. The van der Waals surface area contributed by atoms with Crippen LogP contribution in [0.5, 0.6) is 5.75 Å². The molecule has 0 heterocycles. The molecule has 28 heavy (non-hydrogen) atoms. The number of nitrogens with zero attached hydrogens (tertiary/aromatic N) is 1. The number of benzene rings is 1. The van der Waals surface area contributed by atoms with Crippen molar-refractivity contribution < 1.29 is 31.8 Å². The molecule has 0 N–H and O–H groups in total. The number of rotatable bonds is 7. The Bertz CT molecular complexity index is 667. The highest BCUT2D eigenvalue weighted by Crippen LogP contribution is 2.42. The number of carbonyl (C=O) groups is 1. The summed E-state index contributed by atoms with van der Waals surface area (Å²) in [5.41, 5.74) is -4.08. The van der Waals surface area contributed by atoms with E-state index >= 15 is 0 Å². The van der Waals surface area contributed by atoms with Crippen LogP contribution in [0.25, 0.3) is 0 Å². The van der Waals surface area contributed by atoms with Crippen molar-refractivity contribution in [2.75, 3.05) is 13.6 Å². The Hall–Kier alpha value is -1.77. The first kappa shape index (κ1) is 24.3. The molecular weight excluding hydrogens is 394 g/mol. The van der Waals surface area contributed by atoms with Gasteiger partial charge in [0, 0.05) is 13.6 Å². The normalized spacial score (nSPS) is 13.2. The molecule has 0 unspecified atom stereocenters. The molecule has 160 valence electrons. The van der Waals surface area contributed by atoms with Crippen LogP contribution in [0.4, 0.5) is 22.4 Å². The van der Waals surface area contributed by atoms with E-state index in [-0.39, 0.29) is 5.75 Å². The molecule has 1 aromatic rings. The molecule has 0 aliphatic rings. The van der Waals surface area contributed by atoms with Gasteiger partial charge in [0.05, 0.1) is 0 Å². The Labute approximate surface area is 164 Å². The van der Waals surface area contributed by atoms with Crippen LogP contribution in [0, 0.1) is 0 Å². The monoisotopic (exact) mass is 423 g/mol. The summed E-state index contributed by atoms with van der Waals surface area (Å²) >= 11 is 0. The van der Waals surface area contributed by atoms with E-state index < -0.39 is 31.4 Å². The molecule has 4 nitrogen and oxygen atoms in total. The first-order valence-corrected chi connectivity index (χ1v) is 12.4. The van der Waals surface area contributed by atoms with Crippen LogP contribution in [0.2, 0.25) is 19.6 Å². The van der Waals surface area contributed by atoms with Crippen LogP contribution in [0.15, 0.2) is 24.3 Å². The van der Waals surface area contributed by atoms with Gasteiger partial charge in [-0.1, -0.05) is 31.8 Å². The summed E-state index contributed by atoms with van der Waals surface area (Å²) in [5, 5.41) is 0. The lowest BCUT2D eigenvalue weighted by molar-refractivity contribution is -0.278. The van der Waals surface area contributed by atoms with Gasteiger partial charge in [0.25, 0.3) is 0 Å². The highest BCUT2D eigenvalue weighted by Gasteiger charge is 2.66. The summed E-state index contributed by atoms with van der Waals surface area (Å²) < 4.78 is 65.5. The molecule has 0 bridgehead atoms. The lowest BCUT2D eigenvalue weighted by atomic mass is 10.1. The first-order valence-electron chi connectivity index (χ1n) is 8.94. The summed E-state index contributed by atoms with van der Waals surface area (Å²) in [5.74, 6) is -0.341. The minimum Gasteiger partial charge on any atom is -0.444 e. The molecule has 1 aromatic carbocycles. The molecule has 0 saturated heterocycles. The van der Waals surface area contributed by atoms with Crippen LogP contribution in [0.3, 0.4) is 0 Å². The molecular formula is C19H29F4NO3Si. The Balaban J connectivity index is 2.71. The van der Waals surface area contributed by atoms with Crippen molar-refractivity contribution >= 4 is 14.2 Å². The van der Waals surface area contributed by atoms with Gasteiger partial charge in [-0.2, -0.15) is 8.78 Å². The molecule has 0 radical (unpaired) electrons. The van der Waals surface area contributed by atoms with Crippen LogP contribution < -0.4 is 4.74 Å². The Morgan fingerprint density at radius 1 is 1.04 bits per heavy atom. The summed E-state index contributed by atoms with van der Waals surface area (Å²) in [6, 6.07) is 5.44. The third kappa shape index (κ3) is 6.39. The molecule has 0 spiro atoms. The number of hydrogen-bond donors (Lipinski definition) is 0. The van der Waals surface area contributed by atoms with Crippen molar-refractivity contribution in [3.8, 4) is 5.75 Å². The third-order valence-corrected chi connectivity index (χ3v) is 6.09. The second kappa shape index (κ2) is 8.30. The topological polar surface area (TPSA) is 38.8 Å². The number of likely N-dealkylation sites (N-methyl/N-ethyl adjacent to an activating group) is 1. The van der Waals surface area contributed by atoms with E-state index in [1.54, 1.807) is 27.8 Å². The maximum atomic E-state index is 14.0. The average Bonchev–Trinajstić information content (AvgIpc) is 2.50. The summed E-state index contributed by atoms with van der Waals surface area (Å²) in [6.07, 6.45) is -4.62. The standard InChI is InChI=1S/C19H29F4NO3Si/c1-17(2,3)27-16(25)24(4)13-12-14-8-10-15(11-9-14)26-18(20,21)19(22,23)28(5,6)7/h8-11H,12-13H2,1-7H3. The minimum atomic E-state index is -4.59. The molecule has 1 amide bonds. The Morgan fingerprint density at radius 3 is 1.96 bits per heavy atom. The maximum absolute atomic E-state index is 14.0. The predicted octanol–water partition coefficient (Wildman–Crippen LogP) is 5.58. The van der Waals surface area contributed by atoms with Gasteiger partial charge in [-0.15, -0.1) is 0 Å². The van der Waals surface area contributed by atoms with Crippen molar-refractivity contribution in [1.82, 2.24) is 4.90 Å². The molecule has 0 aliphatic carbocycles. The van der Waals surface area contributed by atoms with Gasteiger partial charge in [0.1, 0.15) is 19.4 Å². The number of halogens is 4. The van der Waals surface area contributed by atoms with Crippen LogP contribution >= 0.6 is 0 Å². The number of alkyl halides is 4. The lowest BCUT2D eigenvalue weighted by Crippen LogP contribution is -2.59. The van der Waals surface area contributed by atoms with Gasteiger partial charge in [-0.25, -0.2) is 13.6 Å². The number of hydrogen-bond acceptors (Lipinski definition) is 3. The van der Waals surface area contributed by atoms with Gasteiger partial charge in [-0.3, -0.25) is 0 Å². The number of amides is 1. The van der Waals surface area contributed by atoms with Gasteiger partial charge < -0.3 is 14.4 Å². The first-order chi connectivity index (χ1) is 12.5.